The normalized spacial score (nSPS) is 15.8. The SMILES string of the molecule is O=C(c1ccccc1)c1cccc(C2CCCCC2)c1O. The van der Waals surface area contributed by atoms with Crippen LogP contribution in [0, 0.1) is 0 Å². The van der Waals surface area contributed by atoms with Crippen LogP contribution in [0.4, 0.5) is 0 Å². The number of rotatable bonds is 3. The standard InChI is InChI=1S/C19H20O2/c20-18(15-10-5-2-6-11-15)17-13-7-12-16(19(17)21)14-8-3-1-4-9-14/h2,5-7,10-14,21H,1,3-4,8-9H2. The highest BCUT2D eigenvalue weighted by atomic mass is 16.3. The molecule has 0 unspecified atom stereocenters. The Morgan fingerprint density at radius 1 is 0.905 bits per heavy atom. The van der Waals surface area contributed by atoms with Gasteiger partial charge in [-0.05, 0) is 30.4 Å². The summed E-state index contributed by atoms with van der Waals surface area (Å²) in [6.45, 7) is 0. The molecule has 1 aliphatic rings. The molecular formula is C19H20O2. The molecule has 2 aromatic carbocycles. The van der Waals surface area contributed by atoms with Crippen molar-refractivity contribution in [1.29, 1.82) is 0 Å². The zero-order valence-corrected chi connectivity index (χ0v) is 12.1. The van der Waals surface area contributed by atoms with Gasteiger partial charge in [-0.2, -0.15) is 0 Å². The summed E-state index contributed by atoms with van der Waals surface area (Å²) in [6, 6.07) is 14.7. The quantitative estimate of drug-likeness (QED) is 0.829. The first-order valence-electron chi connectivity index (χ1n) is 7.69. The van der Waals surface area contributed by atoms with Gasteiger partial charge in [0.2, 0.25) is 0 Å². The third kappa shape index (κ3) is 2.85. The van der Waals surface area contributed by atoms with Crippen molar-refractivity contribution in [2.45, 2.75) is 38.0 Å². The second kappa shape index (κ2) is 6.13. The fourth-order valence-corrected chi connectivity index (χ4v) is 3.23. The van der Waals surface area contributed by atoms with Crippen LogP contribution in [0.5, 0.6) is 5.75 Å². The van der Waals surface area contributed by atoms with Crippen LogP contribution in [0.1, 0.15) is 59.5 Å². The van der Waals surface area contributed by atoms with Crippen molar-refractivity contribution < 1.29 is 9.90 Å². The molecule has 21 heavy (non-hydrogen) atoms. The molecule has 1 aliphatic carbocycles. The number of hydrogen-bond donors (Lipinski definition) is 1. The van der Waals surface area contributed by atoms with Crippen molar-refractivity contribution in [2.75, 3.05) is 0 Å². The van der Waals surface area contributed by atoms with Gasteiger partial charge in [0.05, 0.1) is 5.56 Å². The summed E-state index contributed by atoms with van der Waals surface area (Å²) in [5.74, 6) is 0.464. The van der Waals surface area contributed by atoms with Gasteiger partial charge in [-0.15, -0.1) is 0 Å². The lowest BCUT2D eigenvalue weighted by Gasteiger charge is -2.23. The predicted octanol–water partition coefficient (Wildman–Crippen LogP) is 4.67. The predicted molar refractivity (Wildman–Crippen MR) is 83.8 cm³/mol. The summed E-state index contributed by atoms with van der Waals surface area (Å²) >= 11 is 0. The van der Waals surface area contributed by atoms with E-state index in [1.807, 2.05) is 30.3 Å². The first kappa shape index (κ1) is 13.9. The molecule has 3 rings (SSSR count). The van der Waals surface area contributed by atoms with E-state index in [1.54, 1.807) is 18.2 Å². The number of carbonyl (C=O) groups excluding carboxylic acids is 1. The molecule has 0 atom stereocenters. The van der Waals surface area contributed by atoms with E-state index >= 15 is 0 Å². The maximum absolute atomic E-state index is 12.5. The summed E-state index contributed by atoms with van der Waals surface area (Å²) in [4.78, 5) is 12.5. The minimum atomic E-state index is -0.106. The Balaban J connectivity index is 1.95. The highest BCUT2D eigenvalue weighted by molar-refractivity contribution is 6.10. The number of phenols is 1. The Bertz CT molecular complexity index is 625. The van der Waals surface area contributed by atoms with Gasteiger partial charge < -0.3 is 5.11 Å². The van der Waals surface area contributed by atoms with E-state index < -0.39 is 0 Å². The van der Waals surface area contributed by atoms with Gasteiger partial charge in [0.1, 0.15) is 5.75 Å². The Kier molecular flexibility index (Phi) is 4.05. The van der Waals surface area contributed by atoms with E-state index in [-0.39, 0.29) is 11.5 Å². The van der Waals surface area contributed by atoms with E-state index in [2.05, 4.69) is 0 Å². The van der Waals surface area contributed by atoms with E-state index in [0.29, 0.717) is 17.0 Å². The molecule has 0 aromatic heterocycles. The van der Waals surface area contributed by atoms with Crippen molar-refractivity contribution in [1.82, 2.24) is 0 Å². The maximum Gasteiger partial charge on any atom is 0.196 e. The number of phenolic OH excluding ortho intramolecular Hbond substituents is 1. The van der Waals surface area contributed by atoms with E-state index in [0.717, 1.165) is 18.4 Å². The molecule has 0 bridgehead atoms. The smallest absolute Gasteiger partial charge is 0.196 e. The highest BCUT2D eigenvalue weighted by Crippen LogP contribution is 2.38. The molecule has 108 valence electrons. The molecule has 2 heteroatoms. The molecule has 0 amide bonds. The summed E-state index contributed by atoms with van der Waals surface area (Å²) in [7, 11) is 0. The topological polar surface area (TPSA) is 37.3 Å². The van der Waals surface area contributed by atoms with Crippen molar-refractivity contribution in [3.8, 4) is 5.75 Å². The van der Waals surface area contributed by atoms with Gasteiger partial charge in [-0.1, -0.05) is 61.7 Å². The Morgan fingerprint density at radius 2 is 1.62 bits per heavy atom. The van der Waals surface area contributed by atoms with Crippen molar-refractivity contribution in [2.24, 2.45) is 0 Å². The van der Waals surface area contributed by atoms with E-state index in [1.165, 1.54) is 19.3 Å². The molecule has 0 heterocycles. The minimum Gasteiger partial charge on any atom is -0.507 e. The Hall–Kier alpha value is -2.09. The molecular weight excluding hydrogens is 260 g/mol. The maximum atomic E-state index is 12.5. The van der Waals surface area contributed by atoms with Gasteiger partial charge in [0, 0.05) is 5.56 Å². The van der Waals surface area contributed by atoms with Gasteiger partial charge in [-0.25, -0.2) is 0 Å². The molecule has 0 spiro atoms. The lowest BCUT2D eigenvalue weighted by Crippen LogP contribution is -2.08. The van der Waals surface area contributed by atoms with Crippen LogP contribution < -0.4 is 0 Å². The average Bonchev–Trinajstić information content (AvgIpc) is 2.56. The van der Waals surface area contributed by atoms with Gasteiger partial charge in [0.25, 0.3) is 0 Å². The summed E-state index contributed by atoms with van der Waals surface area (Å²) in [6.07, 6.45) is 5.91. The van der Waals surface area contributed by atoms with E-state index in [9.17, 15) is 9.90 Å². The Labute approximate surface area is 125 Å². The molecule has 1 fully saturated rings. The third-order valence-electron chi connectivity index (χ3n) is 4.39. The number of ketones is 1. The lowest BCUT2D eigenvalue weighted by molar-refractivity contribution is 0.103. The molecule has 1 saturated carbocycles. The van der Waals surface area contributed by atoms with Gasteiger partial charge in [-0.3, -0.25) is 4.79 Å². The molecule has 2 nitrogen and oxygen atoms in total. The van der Waals surface area contributed by atoms with Crippen LogP contribution >= 0.6 is 0 Å². The molecule has 2 aromatic rings. The first-order valence-corrected chi connectivity index (χ1v) is 7.69. The van der Waals surface area contributed by atoms with E-state index in [4.69, 9.17) is 0 Å². The number of hydrogen-bond acceptors (Lipinski definition) is 2. The molecule has 0 saturated heterocycles. The summed E-state index contributed by atoms with van der Waals surface area (Å²) in [5, 5.41) is 10.6. The number of benzene rings is 2. The van der Waals surface area contributed by atoms with Crippen molar-refractivity contribution >= 4 is 5.78 Å². The molecule has 0 radical (unpaired) electrons. The Morgan fingerprint density at radius 3 is 2.33 bits per heavy atom. The fraction of sp³-hybridized carbons (Fsp3) is 0.316. The molecule has 0 aliphatic heterocycles. The monoisotopic (exact) mass is 280 g/mol. The summed E-state index contributed by atoms with van der Waals surface area (Å²) < 4.78 is 0. The number of para-hydroxylation sites is 1. The fourth-order valence-electron chi connectivity index (χ4n) is 3.23. The third-order valence-corrected chi connectivity index (χ3v) is 4.39. The van der Waals surface area contributed by atoms with Crippen LogP contribution in [0.25, 0.3) is 0 Å². The number of aromatic hydroxyl groups is 1. The van der Waals surface area contributed by atoms with Gasteiger partial charge >= 0.3 is 0 Å². The number of carbonyl (C=O) groups is 1. The van der Waals surface area contributed by atoms with Crippen LogP contribution in [0.3, 0.4) is 0 Å². The summed E-state index contributed by atoms with van der Waals surface area (Å²) in [5.41, 5.74) is 1.98. The average molecular weight is 280 g/mol. The second-order valence-electron chi connectivity index (χ2n) is 5.77. The molecule has 1 N–H and O–H groups in total. The second-order valence-corrected chi connectivity index (χ2v) is 5.77. The minimum absolute atomic E-state index is 0.106. The largest absolute Gasteiger partial charge is 0.507 e. The van der Waals surface area contributed by atoms with Crippen LogP contribution in [-0.4, -0.2) is 10.9 Å². The highest BCUT2D eigenvalue weighted by Gasteiger charge is 2.22. The zero-order valence-electron chi connectivity index (χ0n) is 12.1. The lowest BCUT2D eigenvalue weighted by atomic mass is 9.82. The first-order chi connectivity index (χ1) is 10.3. The zero-order chi connectivity index (χ0) is 14.7. The van der Waals surface area contributed by atoms with Crippen LogP contribution in [0.2, 0.25) is 0 Å². The van der Waals surface area contributed by atoms with Crippen molar-refractivity contribution in [3.05, 3.63) is 65.2 Å². The van der Waals surface area contributed by atoms with Crippen molar-refractivity contribution in [3.63, 3.8) is 0 Å². The van der Waals surface area contributed by atoms with Gasteiger partial charge in [0.15, 0.2) is 5.78 Å². The van der Waals surface area contributed by atoms with Crippen LogP contribution in [-0.2, 0) is 0 Å². The van der Waals surface area contributed by atoms with Crippen LogP contribution in [0.15, 0.2) is 48.5 Å².